The Labute approximate surface area is 181 Å². The Morgan fingerprint density at radius 3 is 2.47 bits per heavy atom. The quantitative estimate of drug-likeness (QED) is 0.589. The Kier molecular flexibility index (Phi) is 5.30. The molecule has 3 fully saturated rings. The number of allylic oxidation sites excluding steroid dienone is 1. The van der Waals surface area contributed by atoms with E-state index in [1.807, 2.05) is 26.8 Å². The summed E-state index contributed by atoms with van der Waals surface area (Å²) in [5.41, 5.74) is 1.00. The normalized spacial score (nSPS) is 40.7. The summed E-state index contributed by atoms with van der Waals surface area (Å²) >= 11 is 0. The molecule has 0 spiro atoms. The van der Waals surface area contributed by atoms with E-state index in [1.54, 1.807) is 0 Å². The maximum atomic E-state index is 13.1. The first kappa shape index (κ1) is 21.8. The molecule has 6 atom stereocenters. The van der Waals surface area contributed by atoms with Crippen LogP contribution in [0.3, 0.4) is 0 Å². The van der Waals surface area contributed by atoms with Crippen LogP contribution in [0, 0.1) is 39.9 Å². The second-order valence-electron chi connectivity index (χ2n) is 11.9. The van der Waals surface area contributed by atoms with Crippen LogP contribution in [0.2, 0.25) is 0 Å². The summed E-state index contributed by atoms with van der Waals surface area (Å²) in [4.78, 5) is 37.2. The Morgan fingerprint density at radius 1 is 1.03 bits per heavy atom. The van der Waals surface area contributed by atoms with Crippen molar-refractivity contribution in [2.45, 2.75) is 86.0 Å². The minimum atomic E-state index is -0.579. The molecule has 0 heterocycles. The molecule has 30 heavy (non-hydrogen) atoms. The van der Waals surface area contributed by atoms with Crippen molar-refractivity contribution < 1.29 is 19.1 Å². The van der Waals surface area contributed by atoms with Crippen LogP contribution in [0.4, 0.5) is 0 Å². The second kappa shape index (κ2) is 7.31. The zero-order valence-corrected chi connectivity index (χ0v) is 19.4. The van der Waals surface area contributed by atoms with Crippen molar-refractivity contribution in [2.75, 3.05) is 6.61 Å². The highest BCUT2D eigenvalue weighted by atomic mass is 16.5. The summed E-state index contributed by atoms with van der Waals surface area (Å²) in [7, 11) is 0. The topological polar surface area (TPSA) is 60.4 Å². The zero-order valence-electron chi connectivity index (χ0n) is 19.4. The van der Waals surface area contributed by atoms with Crippen LogP contribution in [0.25, 0.3) is 0 Å². The lowest BCUT2D eigenvalue weighted by Gasteiger charge is -2.58. The number of esters is 1. The molecule has 0 aromatic rings. The van der Waals surface area contributed by atoms with Crippen molar-refractivity contribution in [3.8, 4) is 0 Å². The monoisotopic (exact) mass is 414 g/mol. The van der Waals surface area contributed by atoms with E-state index in [0.717, 1.165) is 44.9 Å². The maximum Gasteiger partial charge on any atom is 0.311 e. The van der Waals surface area contributed by atoms with Gasteiger partial charge in [0.2, 0.25) is 0 Å². The first-order valence-electron chi connectivity index (χ1n) is 11.9. The fraction of sp³-hybridized carbons (Fsp3) is 0.808. The van der Waals surface area contributed by atoms with Crippen LogP contribution in [0.5, 0.6) is 0 Å². The lowest BCUT2D eigenvalue weighted by Crippen LogP contribution is -2.51. The van der Waals surface area contributed by atoms with Crippen LogP contribution in [-0.4, -0.2) is 24.1 Å². The number of hydrogen-bond acceptors (Lipinski definition) is 4. The van der Waals surface area contributed by atoms with Crippen molar-refractivity contribution in [1.29, 1.82) is 0 Å². The first-order chi connectivity index (χ1) is 14.0. The van der Waals surface area contributed by atoms with Crippen LogP contribution >= 0.6 is 0 Å². The summed E-state index contributed by atoms with van der Waals surface area (Å²) in [5.74, 6) is 1.98. The molecule has 0 bridgehead atoms. The third-order valence-corrected chi connectivity index (χ3v) is 9.31. The third-order valence-electron chi connectivity index (χ3n) is 9.31. The van der Waals surface area contributed by atoms with E-state index in [-0.39, 0.29) is 35.1 Å². The molecule has 0 aliphatic heterocycles. The van der Waals surface area contributed by atoms with Crippen LogP contribution < -0.4 is 0 Å². The molecule has 0 aromatic heterocycles. The SMILES string of the molecule is CC(C)(C)C(=O)OCC(=O)[C@H]1CC[C@H]2[C@H]3CCC4=CC(=O)CC[C@@]4(C)[C@H]3CC[C@]12C. The minimum absolute atomic E-state index is 0.00824. The molecule has 0 N–H and O–H groups in total. The smallest absolute Gasteiger partial charge is 0.311 e. The molecule has 4 rings (SSSR count). The number of ketones is 2. The lowest BCUT2D eigenvalue weighted by molar-refractivity contribution is -0.158. The van der Waals surface area contributed by atoms with Crippen molar-refractivity contribution in [2.24, 2.45) is 39.9 Å². The highest BCUT2D eigenvalue weighted by Gasteiger charge is 2.60. The van der Waals surface area contributed by atoms with Gasteiger partial charge in [-0.05, 0) is 100 Å². The molecule has 0 saturated heterocycles. The molecule has 3 saturated carbocycles. The summed E-state index contributed by atoms with van der Waals surface area (Å²) in [6.07, 6.45) is 10.1. The number of rotatable bonds is 3. The lowest BCUT2D eigenvalue weighted by atomic mass is 9.46. The predicted octanol–water partition coefficient (Wildman–Crippen LogP) is 5.29. The standard InChI is InChI=1S/C26H38O4/c1-24(2,3)23(29)30-15-22(28)21-9-8-19-18-7-6-16-14-17(27)10-12-25(16,4)20(18)11-13-26(19,21)5/h14,18-21H,6-13,15H2,1-5H3/t18-,19+,20+,21-,25-,26+/m1/s1. The van der Waals surface area contributed by atoms with Gasteiger partial charge in [-0.3, -0.25) is 14.4 Å². The van der Waals surface area contributed by atoms with E-state index in [1.165, 1.54) is 5.57 Å². The highest BCUT2D eigenvalue weighted by molar-refractivity contribution is 5.91. The number of fused-ring (bicyclic) bond motifs is 5. The molecule has 4 aliphatic rings. The maximum absolute atomic E-state index is 13.1. The van der Waals surface area contributed by atoms with Crippen molar-refractivity contribution in [3.63, 3.8) is 0 Å². The van der Waals surface area contributed by atoms with Gasteiger partial charge in [0.25, 0.3) is 0 Å². The molecule has 0 amide bonds. The van der Waals surface area contributed by atoms with Crippen LogP contribution in [0.15, 0.2) is 11.6 Å². The summed E-state index contributed by atoms with van der Waals surface area (Å²) in [6.45, 7) is 10.1. The van der Waals surface area contributed by atoms with Crippen molar-refractivity contribution in [1.82, 2.24) is 0 Å². The van der Waals surface area contributed by atoms with Gasteiger partial charge in [-0.25, -0.2) is 0 Å². The van der Waals surface area contributed by atoms with Crippen molar-refractivity contribution in [3.05, 3.63) is 11.6 Å². The van der Waals surface area contributed by atoms with Gasteiger partial charge < -0.3 is 4.74 Å². The van der Waals surface area contributed by atoms with E-state index in [0.29, 0.717) is 30.0 Å². The van der Waals surface area contributed by atoms with Gasteiger partial charge in [-0.1, -0.05) is 19.4 Å². The molecule has 166 valence electrons. The average molecular weight is 415 g/mol. The van der Waals surface area contributed by atoms with Gasteiger partial charge in [0.15, 0.2) is 11.6 Å². The predicted molar refractivity (Wildman–Crippen MR) is 116 cm³/mol. The molecule has 0 aromatic carbocycles. The molecular weight excluding hydrogens is 376 g/mol. The number of carbonyl (C=O) groups excluding carboxylic acids is 3. The van der Waals surface area contributed by atoms with Gasteiger partial charge in [0.05, 0.1) is 5.41 Å². The fourth-order valence-electron chi connectivity index (χ4n) is 7.54. The molecule has 0 radical (unpaired) electrons. The van der Waals surface area contributed by atoms with E-state index in [2.05, 4.69) is 13.8 Å². The molecular formula is C26H38O4. The van der Waals surface area contributed by atoms with E-state index < -0.39 is 5.41 Å². The van der Waals surface area contributed by atoms with E-state index >= 15 is 0 Å². The second-order valence-corrected chi connectivity index (χ2v) is 11.9. The van der Waals surface area contributed by atoms with Crippen LogP contribution in [0.1, 0.15) is 86.0 Å². The zero-order chi connectivity index (χ0) is 21.9. The Balaban J connectivity index is 1.49. The molecule has 4 nitrogen and oxygen atoms in total. The molecule has 0 unspecified atom stereocenters. The number of Topliss-reactive ketones (excluding diaryl/α,β-unsaturated/α-hetero) is 1. The summed E-state index contributed by atoms with van der Waals surface area (Å²) < 4.78 is 5.38. The number of hydrogen-bond donors (Lipinski definition) is 0. The first-order valence-corrected chi connectivity index (χ1v) is 11.9. The van der Waals surface area contributed by atoms with Gasteiger partial charge in [0, 0.05) is 12.3 Å². The Bertz CT molecular complexity index is 787. The number of carbonyl (C=O) groups is 3. The van der Waals surface area contributed by atoms with Gasteiger partial charge in [-0.2, -0.15) is 0 Å². The fourth-order valence-corrected chi connectivity index (χ4v) is 7.54. The van der Waals surface area contributed by atoms with Gasteiger partial charge in [0.1, 0.15) is 6.61 Å². The minimum Gasteiger partial charge on any atom is -0.457 e. The van der Waals surface area contributed by atoms with E-state index in [9.17, 15) is 14.4 Å². The molecule has 4 heteroatoms. The largest absolute Gasteiger partial charge is 0.457 e. The summed E-state index contributed by atoms with van der Waals surface area (Å²) in [6, 6.07) is 0. The Hall–Kier alpha value is -1.45. The molecule has 4 aliphatic carbocycles. The average Bonchev–Trinajstić information content (AvgIpc) is 3.03. The van der Waals surface area contributed by atoms with Gasteiger partial charge >= 0.3 is 5.97 Å². The van der Waals surface area contributed by atoms with Crippen molar-refractivity contribution >= 4 is 17.5 Å². The Morgan fingerprint density at radius 2 is 1.77 bits per heavy atom. The highest BCUT2D eigenvalue weighted by Crippen LogP contribution is 2.66. The van der Waals surface area contributed by atoms with Gasteiger partial charge in [-0.15, -0.1) is 0 Å². The third kappa shape index (κ3) is 3.39. The van der Waals surface area contributed by atoms with E-state index in [4.69, 9.17) is 4.74 Å². The number of ether oxygens (including phenoxy) is 1. The summed E-state index contributed by atoms with van der Waals surface area (Å²) in [5, 5.41) is 0. The van der Waals surface area contributed by atoms with Crippen LogP contribution in [-0.2, 0) is 19.1 Å².